The molecule has 1 heterocycles. The van der Waals surface area contributed by atoms with Crippen LogP contribution in [0.15, 0.2) is 54.9 Å². The molecule has 9 nitrogen and oxygen atoms in total. The molecule has 0 spiro atoms. The number of amides is 1. The van der Waals surface area contributed by atoms with Gasteiger partial charge in [-0.15, -0.1) is 5.10 Å². The first kappa shape index (κ1) is 17.8. The van der Waals surface area contributed by atoms with Crippen molar-refractivity contribution in [2.24, 2.45) is 0 Å². The monoisotopic (exact) mass is 362 g/mol. The summed E-state index contributed by atoms with van der Waals surface area (Å²) in [6, 6.07) is 15.1. The van der Waals surface area contributed by atoms with Crippen LogP contribution in [-0.2, 0) is 9.53 Å². The molecule has 0 fully saturated rings. The first-order chi connectivity index (χ1) is 13.1. The summed E-state index contributed by atoms with van der Waals surface area (Å²) in [6.45, 7) is 1.45. The average molecular weight is 362 g/mol. The van der Waals surface area contributed by atoms with Gasteiger partial charge >= 0.3 is 5.97 Å². The van der Waals surface area contributed by atoms with Crippen LogP contribution in [0, 0.1) is 11.3 Å². The predicted octanol–water partition coefficient (Wildman–Crippen LogP) is 1.72. The zero-order valence-electron chi connectivity index (χ0n) is 14.2. The number of nitrogens with one attached hydrogen (secondary N) is 1. The molecule has 0 aliphatic heterocycles. The Morgan fingerprint density at radius 3 is 2.67 bits per heavy atom. The second-order valence-corrected chi connectivity index (χ2v) is 5.47. The number of nitriles is 1. The van der Waals surface area contributed by atoms with Crippen LogP contribution in [0.25, 0.3) is 5.69 Å². The van der Waals surface area contributed by atoms with Crippen molar-refractivity contribution in [2.75, 3.05) is 5.32 Å². The summed E-state index contributed by atoms with van der Waals surface area (Å²) in [6.07, 6.45) is 0.271. The maximum absolute atomic E-state index is 12.5. The first-order valence-corrected chi connectivity index (χ1v) is 7.93. The molecule has 0 bridgehead atoms. The van der Waals surface area contributed by atoms with Crippen molar-refractivity contribution in [1.82, 2.24) is 20.2 Å². The number of hydrogen-bond donors (Lipinski definition) is 1. The zero-order valence-corrected chi connectivity index (χ0v) is 14.2. The third-order valence-electron chi connectivity index (χ3n) is 3.68. The molecule has 0 radical (unpaired) electrons. The minimum atomic E-state index is -1.08. The van der Waals surface area contributed by atoms with Crippen molar-refractivity contribution < 1.29 is 14.3 Å². The van der Waals surface area contributed by atoms with E-state index >= 15 is 0 Å². The molecular formula is C18H14N6O3. The van der Waals surface area contributed by atoms with Gasteiger partial charge in [-0.25, -0.2) is 4.79 Å². The van der Waals surface area contributed by atoms with Crippen LogP contribution in [0.4, 0.5) is 5.69 Å². The number of benzene rings is 2. The molecule has 3 rings (SSSR count). The Morgan fingerprint density at radius 2 is 1.93 bits per heavy atom. The third kappa shape index (κ3) is 3.96. The highest BCUT2D eigenvalue weighted by atomic mass is 16.5. The molecular weight excluding hydrogens is 348 g/mol. The van der Waals surface area contributed by atoms with Gasteiger partial charge in [-0.3, -0.25) is 4.79 Å². The van der Waals surface area contributed by atoms with E-state index < -0.39 is 18.0 Å². The molecule has 1 aromatic heterocycles. The van der Waals surface area contributed by atoms with Crippen molar-refractivity contribution in [1.29, 1.82) is 5.26 Å². The summed E-state index contributed by atoms with van der Waals surface area (Å²) in [5.74, 6) is -1.25. The molecule has 9 heteroatoms. The summed E-state index contributed by atoms with van der Waals surface area (Å²) < 4.78 is 6.59. The molecule has 0 saturated carbocycles. The largest absolute Gasteiger partial charge is 0.449 e. The van der Waals surface area contributed by atoms with Crippen LogP contribution in [0.1, 0.15) is 22.8 Å². The van der Waals surface area contributed by atoms with E-state index in [4.69, 9.17) is 10.00 Å². The summed E-state index contributed by atoms with van der Waals surface area (Å²) in [5.41, 5.74) is 1.30. The van der Waals surface area contributed by atoms with E-state index in [2.05, 4.69) is 20.8 Å². The number of nitrogens with zero attached hydrogens (tertiary/aromatic N) is 5. The second kappa shape index (κ2) is 7.88. The van der Waals surface area contributed by atoms with Crippen molar-refractivity contribution in [2.45, 2.75) is 13.0 Å². The maximum Gasteiger partial charge on any atom is 0.341 e. The van der Waals surface area contributed by atoms with Crippen LogP contribution in [0.2, 0.25) is 0 Å². The molecule has 0 saturated heterocycles. The van der Waals surface area contributed by atoms with Gasteiger partial charge < -0.3 is 10.1 Å². The number of carbonyl (C=O) groups excluding carboxylic acids is 2. The first-order valence-electron chi connectivity index (χ1n) is 7.93. The number of esters is 1. The lowest BCUT2D eigenvalue weighted by molar-refractivity contribution is -0.123. The minimum absolute atomic E-state index is 0.210. The number of tetrazole rings is 1. The minimum Gasteiger partial charge on any atom is -0.449 e. The van der Waals surface area contributed by atoms with Crippen molar-refractivity contribution in [3.05, 3.63) is 66.0 Å². The topological polar surface area (TPSA) is 123 Å². The zero-order chi connectivity index (χ0) is 19.2. The van der Waals surface area contributed by atoms with E-state index in [9.17, 15) is 9.59 Å². The Balaban J connectivity index is 1.73. The molecule has 3 aromatic rings. The number of aromatic nitrogens is 4. The highest BCUT2D eigenvalue weighted by Gasteiger charge is 2.22. The highest BCUT2D eigenvalue weighted by Crippen LogP contribution is 2.17. The number of para-hydroxylation sites is 2. The van der Waals surface area contributed by atoms with E-state index in [1.165, 1.54) is 17.9 Å². The fourth-order valence-electron chi connectivity index (χ4n) is 2.32. The van der Waals surface area contributed by atoms with E-state index in [-0.39, 0.29) is 5.56 Å². The summed E-state index contributed by atoms with van der Waals surface area (Å²) in [7, 11) is 0. The molecule has 27 heavy (non-hydrogen) atoms. The van der Waals surface area contributed by atoms with E-state index in [1.54, 1.807) is 48.5 Å². The molecule has 1 unspecified atom stereocenters. The van der Waals surface area contributed by atoms with Gasteiger partial charge in [-0.1, -0.05) is 24.3 Å². The van der Waals surface area contributed by atoms with Gasteiger partial charge in [-0.2, -0.15) is 9.94 Å². The predicted molar refractivity (Wildman–Crippen MR) is 93.8 cm³/mol. The lowest BCUT2D eigenvalue weighted by Crippen LogP contribution is -2.30. The Bertz CT molecular complexity index is 1010. The fourth-order valence-corrected chi connectivity index (χ4v) is 2.32. The maximum atomic E-state index is 12.5. The van der Waals surface area contributed by atoms with Crippen molar-refractivity contribution in [3.63, 3.8) is 0 Å². The van der Waals surface area contributed by atoms with Crippen LogP contribution in [0.3, 0.4) is 0 Å². The van der Waals surface area contributed by atoms with Crippen LogP contribution >= 0.6 is 0 Å². The SMILES string of the molecule is CC(OC(=O)c1ccccc1-n1cnnn1)C(=O)Nc1ccccc1C#N. The molecule has 0 aliphatic rings. The van der Waals surface area contributed by atoms with Gasteiger partial charge in [-0.05, 0) is 41.6 Å². The summed E-state index contributed by atoms with van der Waals surface area (Å²) in [5, 5.41) is 22.5. The molecule has 0 aliphatic carbocycles. The Hall–Kier alpha value is -4.06. The number of hydrogen-bond acceptors (Lipinski definition) is 7. The lowest BCUT2D eigenvalue weighted by Gasteiger charge is -2.15. The number of rotatable bonds is 5. The summed E-state index contributed by atoms with van der Waals surface area (Å²) in [4.78, 5) is 24.8. The van der Waals surface area contributed by atoms with Crippen LogP contribution < -0.4 is 5.32 Å². The Morgan fingerprint density at radius 1 is 1.19 bits per heavy atom. The fraction of sp³-hybridized carbons (Fsp3) is 0.111. The summed E-state index contributed by atoms with van der Waals surface area (Å²) >= 11 is 0. The quantitative estimate of drug-likeness (QED) is 0.685. The van der Waals surface area contributed by atoms with Gasteiger partial charge in [0.25, 0.3) is 5.91 Å². The van der Waals surface area contributed by atoms with E-state index in [1.807, 2.05) is 6.07 Å². The molecule has 2 aromatic carbocycles. The smallest absolute Gasteiger partial charge is 0.341 e. The van der Waals surface area contributed by atoms with Gasteiger partial charge in [0, 0.05) is 0 Å². The third-order valence-corrected chi connectivity index (χ3v) is 3.68. The normalized spacial score (nSPS) is 11.3. The van der Waals surface area contributed by atoms with Crippen LogP contribution in [0.5, 0.6) is 0 Å². The van der Waals surface area contributed by atoms with Crippen molar-refractivity contribution >= 4 is 17.6 Å². The van der Waals surface area contributed by atoms with Gasteiger partial charge in [0.15, 0.2) is 6.10 Å². The number of anilines is 1. The Kier molecular flexibility index (Phi) is 5.18. The Labute approximate surface area is 154 Å². The van der Waals surface area contributed by atoms with E-state index in [0.717, 1.165) is 0 Å². The second-order valence-electron chi connectivity index (χ2n) is 5.47. The van der Waals surface area contributed by atoms with Crippen LogP contribution in [-0.4, -0.2) is 38.2 Å². The molecule has 1 N–H and O–H groups in total. The van der Waals surface area contributed by atoms with Gasteiger partial charge in [0.1, 0.15) is 12.4 Å². The number of carbonyl (C=O) groups is 2. The van der Waals surface area contributed by atoms with Gasteiger partial charge in [0.2, 0.25) is 0 Å². The molecule has 134 valence electrons. The van der Waals surface area contributed by atoms with Gasteiger partial charge in [0.05, 0.1) is 22.5 Å². The molecule has 1 amide bonds. The molecule has 1 atom stereocenters. The lowest BCUT2D eigenvalue weighted by atomic mass is 10.1. The standard InChI is InChI=1S/C18H14N6O3/c1-12(17(25)21-15-8-4-2-6-13(15)10-19)27-18(26)14-7-3-5-9-16(14)24-11-20-22-23-24/h2-9,11-12H,1H3,(H,21,25). The van der Waals surface area contributed by atoms with Crippen molar-refractivity contribution in [3.8, 4) is 11.8 Å². The number of ether oxygens (including phenoxy) is 1. The highest BCUT2D eigenvalue weighted by molar-refractivity contribution is 5.99. The van der Waals surface area contributed by atoms with E-state index in [0.29, 0.717) is 16.9 Å². The average Bonchev–Trinajstić information content (AvgIpc) is 3.23.